The third kappa shape index (κ3) is 4.90. The maximum Gasteiger partial charge on any atom is 0.251 e. The van der Waals surface area contributed by atoms with E-state index in [0.29, 0.717) is 5.56 Å². The molecule has 5 nitrogen and oxygen atoms in total. The van der Waals surface area contributed by atoms with E-state index in [-0.39, 0.29) is 30.3 Å². The van der Waals surface area contributed by atoms with E-state index in [9.17, 15) is 9.59 Å². The summed E-state index contributed by atoms with van der Waals surface area (Å²) in [5, 5.41) is 9.26. The molecule has 2 atom stereocenters. The summed E-state index contributed by atoms with van der Waals surface area (Å²) in [4.78, 5) is 24.9. The molecule has 0 aliphatic carbocycles. The van der Waals surface area contributed by atoms with Gasteiger partial charge in [0.2, 0.25) is 5.91 Å². The average Bonchev–Trinajstić information content (AvgIpc) is 3.15. The number of hydrogen-bond donors (Lipinski definition) is 3. The van der Waals surface area contributed by atoms with Crippen LogP contribution in [0.2, 0.25) is 0 Å². The molecule has 1 heterocycles. The van der Waals surface area contributed by atoms with Crippen LogP contribution in [0.5, 0.6) is 0 Å². The third-order valence-electron chi connectivity index (χ3n) is 4.36. The minimum atomic E-state index is -0.358. The smallest absolute Gasteiger partial charge is 0.251 e. The van der Waals surface area contributed by atoms with Gasteiger partial charge in [-0.2, -0.15) is 0 Å². The molecular formula is C20H23N3O2. The molecule has 2 aromatic rings. The fourth-order valence-corrected chi connectivity index (χ4v) is 3.02. The lowest BCUT2D eigenvalue weighted by Gasteiger charge is -2.20. The number of hydrogen-bond acceptors (Lipinski definition) is 3. The van der Waals surface area contributed by atoms with Crippen LogP contribution in [0.15, 0.2) is 60.7 Å². The number of benzene rings is 2. The molecule has 0 radical (unpaired) electrons. The molecule has 2 unspecified atom stereocenters. The second-order valence-electron chi connectivity index (χ2n) is 6.26. The first-order valence-corrected chi connectivity index (χ1v) is 8.63. The van der Waals surface area contributed by atoms with Crippen molar-refractivity contribution in [1.82, 2.24) is 16.0 Å². The zero-order chi connectivity index (χ0) is 17.5. The molecule has 130 valence electrons. The lowest BCUT2D eigenvalue weighted by atomic mass is 10.0. The lowest BCUT2D eigenvalue weighted by Crippen LogP contribution is -2.39. The van der Waals surface area contributed by atoms with Crippen LogP contribution in [0.3, 0.4) is 0 Å². The highest BCUT2D eigenvalue weighted by molar-refractivity contribution is 5.94. The van der Waals surface area contributed by atoms with E-state index < -0.39 is 0 Å². The van der Waals surface area contributed by atoms with Crippen molar-refractivity contribution in [1.29, 1.82) is 0 Å². The predicted molar refractivity (Wildman–Crippen MR) is 97.1 cm³/mol. The molecule has 2 aromatic carbocycles. The van der Waals surface area contributed by atoms with Crippen molar-refractivity contribution in [3.63, 3.8) is 0 Å². The van der Waals surface area contributed by atoms with Gasteiger partial charge in [-0.25, -0.2) is 0 Å². The minimum Gasteiger partial charge on any atom is -0.352 e. The molecule has 25 heavy (non-hydrogen) atoms. The van der Waals surface area contributed by atoms with E-state index in [1.54, 1.807) is 12.1 Å². The summed E-state index contributed by atoms with van der Waals surface area (Å²) >= 11 is 0. The number of rotatable bonds is 6. The molecule has 2 amide bonds. The summed E-state index contributed by atoms with van der Waals surface area (Å²) in [6.07, 6.45) is 1.16. The molecule has 0 spiro atoms. The van der Waals surface area contributed by atoms with E-state index in [1.165, 1.54) is 0 Å². The molecule has 1 fully saturated rings. The Kier molecular flexibility index (Phi) is 5.80. The number of carbonyl (C=O) groups is 2. The normalized spacial score (nSPS) is 17.7. The standard InChI is InChI=1S/C20H23N3O2/c24-19(22-17-11-12-21-14-17)13-18(15-7-3-1-4-8-15)23-20(25)16-9-5-2-6-10-16/h1-10,17-18,21H,11-14H2,(H,22,24)(H,23,25). The molecular weight excluding hydrogens is 314 g/mol. The largest absolute Gasteiger partial charge is 0.352 e. The first kappa shape index (κ1) is 17.2. The summed E-state index contributed by atoms with van der Waals surface area (Å²) in [5.41, 5.74) is 1.51. The maximum atomic E-state index is 12.5. The van der Waals surface area contributed by atoms with Gasteiger partial charge in [0.25, 0.3) is 5.91 Å². The predicted octanol–water partition coefficient (Wildman–Crippen LogP) is 2.03. The highest BCUT2D eigenvalue weighted by atomic mass is 16.2. The second-order valence-corrected chi connectivity index (χ2v) is 6.26. The zero-order valence-corrected chi connectivity index (χ0v) is 14.1. The van der Waals surface area contributed by atoms with Crippen LogP contribution in [0, 0.1) is 0 Å². The van der Waals surface area contributed by atoms with Crippen LogP contribution in [-0.4, -0.2) is 30.9 Å². The summed E-state index contributed by atoms with van der Waals surface area (Å²) in [5.74, 6) is -0.222. The van der Waals surface area contributed by atoms with Crippen molar-refractivity contribution >= 4 is 11.8 Å². The quantitative estimate of drug-likeness (QED) is 0.755. The molecule has 0 saturated carbocycles. The molecule has 5 heteroatoms. The van der Waals surface area contributed by atoms with Gasteiger partial charge in [-0.15, -0.1) is 0 Å². The Morgan fingerprint density at radius 1 is 1.04 bits per heavy atom. The monoisotopic (exact) mass is 337 g/mol. The lowest BCUT2D eigenvalue weighted by molar-refractivity contribution is -0.122. The van der Waals surface area contributed by atoms with E-state index in [0.717, 1.165) is 25.1 Å². The SMILES string of the molecule is O=C(CC(NC(=O)c1ccccc1)c1ccccc1)NC1CCNC1. The van der Waals surface area contributed by atoms with Crippen molar-refractivity contribution in [3.8, 4) is 0 Å². The van der Waals surface area contributed by atoms with E-state index >= 15 is 0 Å². The first-order valence-electron chi connectivity index (χ1n) is 8.63. The maximum absolute atomic E-state index is 12.5. The Morgan fingerprint density at radius 2 is 1.72 bits per heavy atom. The summed E-state index contributed by atoms with van der Waals surface area (Å²) in [6, 6.07) is 18.5. The highest BCUT2D eigenvalue weighted by Gasteiger charge is 2.22. The van der Waals surface area contributed by atoms with Crippen molar-refractivity contribution in [3.05, 3.63) is 71.8 Å². The Bertz CT molecular complexity index is 697. The summed E-state index contributed by atoms with van der Waals surface area (Å²) < 4.78 is 0. The van der Waals surface area contributed by atoms with Crippen LogP contribution in [0.4, 0.5) is 0 Å². The summed E-state index contributed by atoms with van der Waals surface area (Å²) in [7, 11) is 0. The molecule has 0 bridgehead atoms. The molecule has 3 rings (SSSR count). The number of carbonyl (C=O) groups excluding carboxylic acids is 2. The number of amides is 2. The van der Waals surface area contributed by atoms with Gasteiger partial charge in [-0.1, -0.05) is 48.5 Å². The third-order valence-corrected chi connectivity index (χ3v) is 4.36. The average molecular weight is 337 g/mol. The van der Waals surface area contributed by atoms with Crippen LogP contribution >= 0.6 is 0 Å². The molecule has 1 aliphatic rings. The van der Waals surface area contributed by atoms with Crippen LogP contribution in [0.25, 0.3) is 0 Å². The van der Waals surface area contributed by atoms with Crippen molar-refractivity contribution in [2.75, 3.05) is 13.1 Å². The van der Waals surface area contributed by atoms with Crippen molar-refractivity contribution in [2.45, 2.75) is 24.9 Å². The van der Waals surface area contributed by atoms with Gasteiger partial charge >= 0.3 is 0 Å². The number of nitrogens with one attached hydrogen (secondary N) is 3. The molecule has 1 saturated heterocycles. The minimum absolute atomic E-state index is 0.0454. The van der Waals surface area contributed by atoms with Crippen molar-refractivity contribution in [2.24, 2.45) is 0 Å². The first-order chi connectivity index (χ1) is 12.2. The van der Waals surface area contributed by atoms with E-state index in [2.05, 4.69) is 16.0 Å². The fraction of sp³-hybridized carbons (Fsp3) is 0.300. The summed E-state index contributed by atoms with van der Waals surface area (Å²) in [6.45, 7) is 1.73. The van der Waals surface area contributed by atoms with E-state index in [4.69, 9.17) is 0 Å². The Labute approximate surface area is 147 Å². The fourth-order valence-electron chi connectivity index (χ4n) is 3.02. The van der Waals surface area contributed by atoms with Gasteiger partial charge in [-0.3, -0.25) is 9.59 Å². The molecule has 3 N–H and O–H groups in total. The molecule has 1 aliphatic heterocycles. The van der Waals surface area contributed by atoms with Gasteiger partial charge in [0.1, 0.15) is 0 Å². The zero-order valence-electron chi connectivity index (χ0n) is 14.1. The Hall–Kier alpha value is -2.66. The van der Waals surface area contributed by atoms with Gasteiger partial charge in [0.05, 0.1) is 12.5 Å². The Balaban J connectivity index is 1.69. The second kappa shape index (κ2) is 8.44. The Morgan fingerprint density at radius 3 is 2.36 bits per heavy atom. The van der Waals surface area contributed by atoms with Gasteiger partial charge in [0.15, 0.2) is 0 Å². The van der Waals surface area contributed by atoms with Crippen LogP contribution < -0.4 is 16.0 Å². The highest BCUT2D eigenvalue weighted by Crippen LogP contribution is 2.18. The van der Waals surface area contributed by atoms with E-state index in [1.807, 2.05) is 48.5 Å². The van der Waals surface area contributed by atoms with Crippen molar-refractivity contribution < 1.29 is 9.59 Å². The van der Waals surface area contributed by atoms with Gasteiger partial charge in [-0.05, 0) is 30.7 Å². The van der Waals surface area contributed by atoms with Crippen LogP contribution in [0.1, 0.15) is 34.8 Å². The van der Waals surface area contributed by atoms with Crippen LogP contribution in [-0.2, 0) is 4.79 Å². The topological polar surface area (TPSA) is 70.2 Å². The molecule has 0 aromatic heterocycles. The van der Waals surface area contributed by atoms with Gasteiger partial charge in [0, 0.05) is 18.2 Å². The van der Waals surface area contributed by atoms with Gasteiger partial charge < -0.3 is 16.0 Å².